The minimum Gasteiger partial charge on any atom is -0.466 e. The van der Waals surface area contributed by atoms with Gasteiger partial charge in [0.2, 0.25) is 0 Å². The topological polar surface area (TPSA) is 52.6 Å². The molecule has 1 atom stereocenters. The van der Waals surface area contributed by atoms with Gasteiger partial charge in [-0.2, -0.15) is 0 Å². The molecule has 0 aliphatic rings. The van der Waals surface area contributed by atoms with Crippen LogP contribution in [0.1, 0.15) is 164 Å². The fourth-order valence-corrected chi connectivity index (χ4v) is 4.79. The summed E-state index contributed by atoms with van der Waals surface area (Å²) in [6, 6.07) is 0. The van der Waals surface area contributed by atoms with E-state index in [0.29, 0.717) is 37.9 Å². The van der Waals surface area contributed by atoms with Gasteiger partial charge in [0.25, 0.3) is 0 Å². The molecule has 4 nitrogen and oxygen atoms in total. The number of carbonyl (C=O) groups is 2. The minimum atomic E-state index is -0.0194. The van der Waals surface area contributed by atoms with E-state index in [1.54, 1.807) is 0 Å². The summed E-state index contributed by atoms with van der Waals surface area (Å²) in [5.41, 5.74) is 0. The molecule has 0 rings (SSSR count). The van der Waals surface area contributed by atoms with Crippen molar-refractivity contribution in [1.29, 1.82) is 0 Å². The van der Waals surface area contributed by atoms with Crippen LogP contribution in [-0.4, -0.2) is 25.2 Å². The van der Waals surface area contributed by atoms with Gasteiger partial charge in [0.05, 0.1) is 13.2 Å². The molecule has 0 bridgehead atoms. The van der Waals surface area contributed by atoms with Gasteiger partial charge in [0, 0.05) is 12.8 Å². The fourth-order valence-electron chi connectivity index (χ4n) is 4.79. The molecule has 0 aromatic heterocycles. The van der Waals surface area contributed by atoms with Gasteiger partial charge < -0.3 is 9.47 Å². The number of hydrogen-bond donors (Lipinski definition) is 0. The van der Waals surface area contributed by atoms with E-state index >= 15 is 0 Å². The molecule has 0 heterocycles. The Kier molecular flexibility index (Phi) is 24.5. The predicted octanol–water partition coefficient (Wildman–Crippen LogP) is 10.1. The number of carbonyl (C=O) groups excluding carboxylic acids is 2. The molecule has 0 aliphatic carbocycles. The van der Waals surface area contributed by atoms with Crippen molar-refractivity contribution in [3.63, 3.8) is 0 Å². The monoisotopic (exact) mass is 524 g/mol. The Bertz CT molecular complexity index is 526. The average molecular weight is 525 g/mol. The van der Waals surface area contributed by atoms with Crippen LogP contribution in [-0.2, 0) is 19.1 Å². The highest BCUT2D eigenvalue weighted by Gasteiger charge is 2.18. The lowest BCUT2D eigenvalue weighted by Crippen LogP contribution is -2.17. The highest BCUT2D eigenvalue weighted by molar-refractivity contribution is 5.69. The standard InChI is InChI=1S/C33H64O4/c1-28(2)21-15-13-19-25-36-32(34)24-18-12-10-8-7-9-11-17-23-31(30(5)6)27-33(35)37-26-20-14-16-22-29(3)4/h28-31H,7-27H2,1-6H3. The average Bonchev–Trinajstić information content (AvgIpc) is 2.83. The van der Waals surface area contributed by atoms with E-state index in [2.05, 4.69) is 41.5 Å². The second-order valence-electron chi connectivity index (χ2n) is 12.5. The molecule has 0 radical (unpaired) electrons. The Morgan fingerprint density at radius 2 is 0.892 bits per heavy atom. The Balaban J connectivity index is 3.61. The second kappa shape index (κ2) is 25.2. The zero-order chi connectivity index (χ0) is 27.7. The Hall–Kier alpha value is -1.06. The molecule has 0 aliphatic heterocycles. The van der Waals surface area contributed by atoms with Gasteiger partial charge in [-0.15, -0.1) is 0 Å². The Labute approximate surface area is 231 Å². The molecule has 4 heteroatoms. The first kappa shape index (κ1) is 35.9. The maximum atomic E-state index is 12.3. The van der Waals surface area contributed by atoms with Crippen molar-refractivity contribution in [3.05, 3.63) is 0 Å². The first-order chi connectivity index (χ1) is 17.7. The molecule has 0 saturated carbocycles. The van der Waals surface area contributed by atoms with Crippen LogP contribution < -0.4 is 0 Å². The van der Waals surface area contributed by atoms with Crippen LogP contribution in [0.2, 0.25) is 0 Å². The van der Waals surface area contributed by atoms with Crippen LogP contribution in [0, 0.1) is 23.7 Å². The van der Waals surface area contributed by atoms with Crippen molar-refractivity contribution in [2.75, 3.05) is 13.2 Å². The number of esters is 2. The summed E-state index contributed by atoms with van der Waals surface area (Å²) in [5.74, 6) is 2.46. The summed E-state index contributed by atoms with van der Waals surface area (Å²) in [4.78, 5) is 24.1. The van der Waals surface area contributed by atoms with Crippen molar-refractivity contribution < 1.29 is 19.1 Å². The van der Waals surface area contributed by atoms with Gasteiger partial charge in [-0.05, 0) is 49.4 Å². The third kappa shape index (κ3) is 26.3. The maximum Gasteiger partial charge on any atom is 0.306 e. The maximum absolute atomic E-state index is 12.3. The second-order valence-corrected chi connectivity index (χ2v) is 12.5. The Morgan fingerprint density at radius 3 is 1.38 bits per heavy atom. The first-order valence-electron chi connectivity index (χ1n) is 16.0. The van der Waals surface area contributed by atoms with Crippen molar-refractivity contribution in [3.8, 4) is 0 Å². The molecule has 1 unspecified atom stereocenters. The molecule has 0 fully saturated rings. The number of unbranched alkanes of at least 4 members (excludes halogenated alkanes) is 11. The molecule has 0 aromatic carbocycles. The molecular formula is C33H64O4. The molecule has 0 aromatic rings. The predicted molar refractivity (Wildman–Crippen MR) is 158 cm³/mol. The zero-order valence-corrected chi connectivity index (χ0v) is 25.8. The van der Waals surface area contributed by atoms with E-state index in [1.807, 2.05) is 0 Å². The smallest absolute Gasteiger partial charge is 0.306 e. The van der Waals surface area contributed by atoms with E-state index in [9.17, 15) is 9.59 Å². The fraction of sp³-hybridized carbons (Fsp3) is 0.939. The largest absolute Gasteiger partial charge is 0.466 e. The molecule has 220 valence electrons. The summed E-state index contributed by atoms with van der Waals surface area (Å²) in [7, 11) is 0. The summed E-state index contributed by atoms with van der Waals surface area (Å²) in [6.07, 6.45) is 21.1. The normalized spacial score (nSPS) is 12.5. The van der Waals surface area contributed by atoms with Crippen molar-refractivity contribution in [2.24, 2.45) is 23.7 Å². The van der Waals surface area contributed by atoms with Gasteiger partial charge in [-0.1, -0.05) is 125 Å². The number of hydrogen-bond acceptors (Lipinski definition) is 4. The van der Waals surface area contributed by atoms with Crippen LogP contribution in [0.5, 0.6) is 0 Å². The lowest BCUT2D eigenvalue weighted by molar-refractivity contribution is -0.145. The van der Waals surface area contributed by atoms with E-state index in [4.69, 9.17) is 9.47 Å². The SMILES string of the molecule is CC(C)CCCCCOC(=O)CCCCCCCCCCC(CC(=O)OCCCCCC(C)C)C(C)C. The van der Waals surface area contributed by atoms with Gasteiger partial charge in [0.15, 0.2) is 0 Å². The minimum absolute atomic E-state index is 0.00641. The van der Waals surface area contributed by atoms with E-state index in [1.165, 1.54) is 64.2 Å². The van der Waals surface area contributed by atoms with Crippen LogP contribution >= 0.6 is 0 Å². The lowest BCUT2D eigenvalue weighted by Gasteiger charge is -2.20. The number of ether oxygens (including phenoxy) is 2. The van der Waals surface area contributed by atoms with Gasteiger partial charge in [0.1, 0.15) is 0 Å². The zero-order valence-electron chi connectivity index (χ0n) is 25.8. The summed E-state index contributed by atoms with van der Waals surface area (Å²) >= 11 is 0. The highest BCUT2D eigenvalue weighted by Crippen LogP contribution is 2.23. The third-order valence-electron chi connectivity index (χ3n) is 7.46. The van der Waals surface area contributed by atoms with Crippen LogP contribution in [0.3, 0.4) is 0 Å². The molecule has 0 spiro atoms. The van der Waals surface area contributed by atoms with Crippen LogP contribution in [0.15, 0.2) is 0 Å². The van der Waals surface area contributed by atoms with Crippen LogP contribution in [0.25, 0.3) is 0 Å². The Morgan fingerprint density at radius 1 is 0.486 bits per heavy atom. The van der Waals surface area contributed by atoms with Crippen LogP contribution in [0.4, 0.5) is 0 Å². The highest BCUT2D eigenvalue weighted by atomic mass is 16.5. The van der Waals surface area contributed by atoms with Crippen molar-refractivity contribution >= 4 is 11.9 Å². The molecule has 0 amide bonds. The van der Waals surface area contributed by atoms with E-state index in [0.717, 1.165) is 56.8 Å². The van der Waals surface area contributed by atoms with E-state index < -0.39 is 0 Å². The summed E-state index contributed by atoms with van der Waals surface area (Å²) in [6.45, 7) is 14.7. The summed E-state index contributed by atoms with van der Waals surface area (Å²) in [5, 5.41) is 0. The summed E-state index contributed by atoms with van der Waals surface area (Å²) < 4.78 is 10.9. The van der Waals surface area contributed by atoms with Gasteiger partial charge >= 0.3 is 11.9 Å². The molecule has 0 N–H and O–H groups in total. The lowest BCUT2D eigenvalue weighted by atomic mass is 9.87. The quantitative estimate of drug-likeness (QED) is 0.0834. The van der Waals surface area contributed by atoms with Gasteiger partial charge in [-0.3, -0.25) is 9.59 Å². The third-order valence-corrected chi connectivity index (χ3v) is 7.46. The molecular weight excluding hydrogens is 460 g/mol. The molecule has 0 saturated heterocycles. The first-order valence-corrected chi connectivity index (χ1v) is 16.0. The van der Waals surface area contributed by atoms with E-state index in [-0.39, 0.29) is 11.9 Å². The number of rotatable bonds is 26. The van der Waals surface area contributed by atoms with Crippen molar-refractivity contribution in [1.82, 2.24) is 0 Å². The molecule has 37 heavy (non-hydrogen) atoms. The van der Waals surface area contributed by atoms with Crippen molar-refractivity contribution in [2.45, 2.75) is 164 Å². The van der Waals surface area contributed by atoms with Gasteiger partial charge in [-0.25, -0.2) is 0 Å².